The second-order valence-corrected chi connectivity index (χ2v) is 10.9. The van der Waals surface area contributed by atoms with Gasteiger partial charge in [-0.2, -0.15) is 0 Å². The second kappa shape index (κ2) is 15.6. The molecule has 0 spiro atoms. The molecule has 0 bridgehead atoms. The lowest BCUT2D eigenvalue weighted by molar-refractivity contribution is -0.153. The topological polar surface area (TPSA) is 160 Å². The summed E-state index contributed by atoms with van der Waals surface area (Å²) in [5.41, 5.74) is 0.800. The lowest BCUT2D eigenvalue weighted by Gasteiger charge is -2.38. The Morgan fingerprint density at radius 1 is 0.976 bits per heavy atom. The maximum Gasteiger partial charge on any atom is 0.408 e. The molecule has 1 aromatic carbocycles. The normalized spacial score (nSPS) is 15.1. The summed E-state index contributed by atoms with van der Waals surface area (Å²) in [5.74, 6) is -2.63. The Morgan fingerprint density at radius 2 is 1.64 bits per heavy atom. The zero-order valence-corrected chi connectivity index (χ0v) is 24.5. The second-order valence-electron chi connectivity index (χ2n) is 10.9. The number of amides is 4. The summed E-state index contributed by atoms with van der Waals surface area (Å²) in [6, 6.07) is 8.77. The fourth-order valence-electron chi connectivity index (χ4n) is 4.40. The van der Waals surface area contributed by atoms with E-state index in [0.29, 0.717) is 18.7 Å². The van der Waals surface area contributed by atoms with Gasteiger partial charge in [-0.25, -0.2) is 14.8 Å². The van der Waals surface area contributed by atoms with Gasteiger partial charge < -0.3 is 25.6 Å². The number of nitrogens with one attached hydrogen (secondary N) is 3. The molecule has 12 nitrogen and oxygen atoms in total. The smallest absolute Gasteiger partial charge is 0.408 e. The maximum atomic E-state index is 13.3. The highest BCUT2D eigenvalue weighted by atomic mass is 16.5. The molecule has 12 heteroatoms. The molecule has 1 unspecified atom stereocenters. The number of likely N-dealkylation sites (tertiary alicyclic amines) is 1. The van der Waals surface area contributed by atoms with E-state index in [1.807, 2.05) is 51.1 Å². The molecule has 1 fully saturated rings. The fourth-order valence-corrected chi connectivity index (χ4v) is 4.40. The van der Waals surface area contributed by atoms with Gasteiger partial charge in [0.05, 0.1) is 18.5 Å². The van der Waals surface area contributed by atoms with E-state index < -0.39 is 41.7 Å². The van der Waals surface area contributed by atoms with Crippen LogP contribution < -0.4 is 16.0 Å². The van der Waals surface area contributed by atoms with Crippen LogP contribution in [0.3, 0.4) is 0 Å². The first-order valence-electron chi connectivity index (χ1n) is 14.2. The van der Waals surface area contributed by atoms with Crippen LogP contribution in [0.4, 0.5) is 4.79 Å². The molecule has 3 atom stereocenters. The van der Waals surface area contributed by atoms with Gasteiger partial charge in [-0.1, -0.05) is 64.4 Å². The predicted molar refractivity (Wildman–Crippen MR) is 153 cm³/mol. The van der Waals surface area contributed by atoms with Gasteiger partial charge in [-0.05, 0) is 29.9 Å². The van der Waals surface area contributed by atoms with Gasteiger partial charge in [0.2, 0.25) is 17.6 Å². The minimum Gasteiger partial charge on any atom is -0.445 e. The highest BCUT2D eigenvalue weighted by molar-refractivity contribution is 6.38. The van der Waals surface area contributed by atoms with Crippen molar-refractivity contribution in [3.63, 3.8) is 0 Å². The van der Waals surface area contributed by atoms with Crippen molar-refractivity contribution >= 4 is 29.6 Å². The van der Waals surface area contributed by atoms with Crippen LogP contribution in [0.1, 0.15) is 51.9 Å². The highest BCUT2D eigenvalue weighted by Crippen LogP contribution is 2.19. The third kappa shape index (κ3) is 9.35. The number of carbonyl (C=O) groups excluding carboxylic acids is 5. The van der Waals surface area contributed by atoms with Gasteiger partial charge >= 0.3 is 6.09 Å². The molecule has 2 heterocycles. The van der Waals surface area contributed by atoms with Crippen molar-refractivity contribution in [2.75, 3.05) is 13.1 Å². The summed E-state index contributed by atoms with van der Waals surface area (Å²) in [5, 5.41) is 8.05. The standard InChI is InChI=1S/C30H40N6O6/c1-5-20(4)25(26(37)29(40)36-16-22(17-36)27(38)33-15-24-31-12-9-13-32-24)35-28(39)23(14-19(2)3)34-30(41)42-18-21-10-7-6-8-11-21/h6-13,19-20,22-23,25H,5,14-18H2,1-4H3,(H,33,38)(H,34,41)(H,35,39)/t20-,23-,25?/m0/s1. The SMILES string of the molecule is CC[C@H](C)C(NC(=O)[C@H](CC(C)C)NC(=O)OCc1ccccc1)C(=O)C(=O)N1CC(C(=O)NCc2ncccn2)C1. The Hall–Kier alpha value is -4.35. The first-order chi connectivity index (χ1) is 20.1. The summed E-state index contributed by atoms with van der Waals surface area (Å²) < 4.78 is 5.28. The molecule has 1 aromatic heterocycles. The number of aromatic nitrogens is 2. The molecule has 1 saturated heterocycles. The number of ether oxygens (including phenoxy) is 1. The number of hydrogen-bond donors (Lipinski definition) is 3. The average Bonchev–Trinajstić information content (AvgIpc) is 2.96. The van der Waals surface area contributed by atoms with E-state index >= 15 is 0 Å². The van der Waals surface area contributed by atoms with Gasteiger partial charge in [0.25, 0.3) is 5.91 Å². The van der Waals surface area contributed by atoms with Gasteiger partial charge in [-0.3, -0.25) is 19.2 Å². The van der Waals surface area contributed by atoms with Crippen molar-refractivity contribution in [3.05, 3.63) is 60.2 Å². The first-order valence-corrected chi connectivity index (χ1v) is 14.2. The zero-order valence-electron chi connectivity index (χ0n) is 24.5. The van der Waals surface area contributed by atoms with Crippen molar-refractivity contribution in [3.8, 4) is 0 Å². The molecule has 3 rings (SSSR count). The summed E-state index contributed by atoms with van der Waals surface area (Å²) in [6.45, 7) is 7.83. The molecule has 4 amide bonds. The van der Waals surface area contributed by atoms with Crippen LogP contribution in [-0.2, 0) is 37.1 Å². The number of Topliss-reactive ketones (excluding diaryl/α,β-unsaturated/α-hetero) is 1. The third-order valence-electron chi connectivity index (χ3n) is 7.11. The van der Waals surface area contributed by atoms with Crippen LogP contribution in [-0.4, -0.2) is 69.6 Å². The summed E-state index contributed by atoms with van der Waals surface area (Å²) in [6.07, 6.45) is 3.23. The van der Waals surface area contributed by atoms with Gasteiger partial charge in [0, 0.05) is 25.5 Å². The number of alkyl carbamates (subject to hydrolysis) is 1. The molecule has 1 aliphatic rings. The Balaban J connectivity index is 1.56. The van der Waals surface area contributed by atoms with Crippen LogP contribution in [0.2, 0.25) is 0 Å². The molecular formula is C30H40N6O6. The lowest BCUT2D eigenvalue weighted by Crippen LogP contribution is -2.61. The number of nitrogens with zero attached hydrogens (tertiary/aromatic N) is 3. The zero-order chi connectivity index (χ0) is 30.6. The van der Waals surface area contributed by atoms with Crippen molar-refractivity contribution in [2.24, 2.45) is 17.8 Å². The van der Waals surface area contributed by atoms with Crippen LogP contribution in [0.25, 0.3) is 0 Å². The summed E-state index contributed by atoms with van der Waals surface area (Å²) in [4.78, 5) is 74.0. The lowest BCUT2D eigenvalue weighted by atomic mass is 9.91. The predicted octanol–water partition coefficient (Wildman–Crippen LogP) is 1.99. The van der Waals surface area contributed by atoms with Crippen LogP contribution >= 0.6 is 0 Å². The van der Waals surface area contributed by atoms with Crippen molar-refractivity contribution in [1.29, 1.82) is 0 Å². The van der Waals surface area contributed by atoms with Crippen LogP contribution in [0, 0.1) is 17.8 Å². The van der Waals surface area contributed by atoms with E-state index in [1.54, 1.807) is 25.4 Å². The van der Waals surface area contributed by atoms with Crippen molar-refractivity contribution in [1.82, 2.24) is 30.8 Å². The van der Waals surface area contributed by atoms with Crippen molar-refractivity contribution in [2.45, 2.75) is 65.8 Å². The monoisotopic (exact) mass is 580 g/mol. The molecule has 0 saturated carbocycles. The van der Waals surface area contributed by atoms with Gasteiger partial charge in [0.1, 0.15) is 18.5 Å². The van der Waals surface area contributed by atoms with E-state index in [-0.39, 0.29) is 44.0 Å². The number of hydrogen-bond acceptors (Lipinski definition) is 8. The largest absolute Gasteiger partial charge is 0.445 e. The molecule has 42 heavy (non-hydrogen) atoms. The number of rotatable bonds is 14. The van der Waals surface area contributed by atoms with E-state index in [2.05, 4.69) is 25.9 Å². The minimum atomic E-state index is -1.09. The Bertz CT molecular complexity index is 1220. The van der Waals surface area contributed by atoms with E-state index in [0.717, 1.165) is 5.56 Å². The van der Waals surface area contributed by atoms with Gasteiger partial charge in [0.15, 0.2) is 0 Å². The Labute approximate surface area is 246 Å². The fraction of sp³-hybridized carbons (Fsp3) is 0.500. The number of benzene rings is 1. The van der Waals surface area contributed by atoms with E-state index in [4.69, 9.17) is 4.74 Å². The molecular weight excluding hydrogens is 540 g/mol. The number of carbonyl (C=O) groups is 5. The van der Waals surface area contributed by atoms with Crippen LogP contribution in [0.5, 0.6) is 0 Å². The summed E-state index contributed by atoms with van der Waals surface area (Å²) >= 11 is 0. The Kier molecular flexibility index (Phi) is 11.9. The minimum absolute atomic E-state index is 0.0417. The van der Waals surface area contributed by atoms with E-state index in [1.165, 1.54) is 4.90 Å². The van der Waals surface area contributed by atoms with Crippen LogP contribution in [0.15, 0.2) is 48.8 Å². The quantitative estimate of drug-likeness (QED) is 0.286. The molecule has 2 aromatic rings. The Morgan fingerprint density at radius 3 is 2.26 bits per heavy atom. The summed E-state index contributed by atoms with van der Waals surface area (Å²) in [7, 11) is 0. The average molecular weight is 581 g/mol. The molecule has 0 radical (unpaired) electrons. The molecule has 226 valence electrons. The highest BCUT2D eigenvalue weighted by Gasteiger charge is 2.41. The van der Waals surface area contributed by atoms with Crippen molar-refractivity contribution < 1.29 is 28.7 Å². The molecule has 1 aliphatic heterocycles. The maximum absolute atomic E-state index is 13.3. The van der Waals surface area contributed by atoms with Gasteiger partial charge in [-0.15, -0.1) is 0 Å². The third-order valence-corrected chi connectivity index (χ3v) is 7.11. The molecule has 3 N–H and O–H groups in total. The number of ketones is 1. The van der Waals surface area contributed by atoms with E-state index in [9.17, 15) is 24.0 Å². The first kappa shape index (κ1) is 32.2. The molecule has 0 aliphatic carbocycles.